The number of rotatable bonds is 5. The highest BCUT2D eigenvalue weighted by atomic mass is 79.9. The summed E-state index contributed by atoms with van der Waals surface area (Å²) in [5.74, 6) is 0. The lowest BCUT2D eigenvalue weighted by atomic mass is 10.1. The molecule has 1 unspecified atom stereocenters. The predicted octanol–water partition coefficient (Wildman–Crippen LogP) is 1.49. The topological polar surface area (TPSA) is 61.4 Å². The molecule has 1 aromatic heterocycles. The summed E-state index contributed by atoms with van der Waals surface area (Å²) in [5, 5.41) is 17.3. The van der Waals surface area contributed by atoms with Crippen LogP contribution in [0.15, 0.2) is 4.47 Å². The van der Waals surface area contributed by atoms with Gasteiger partial charge in [-0.25, -0.2) is 0 Å². The lowest BCUT2D eigenvalue weighted by molar-refractivity contribution is 0.0297. The normalized spacial score (nSPS) is 19.1. The molecule has 1 aromatic rings. The summed E-state index contributed by atoms with van der Waals surface area (Å²) in [7, 11) is 0. The second-order valence-electron chi connectivity index (χ2n) is 4.51. The Labute approximate surface area is 116 Å². The van der Waals surface area contributed by atoms with Crippen LogP contribution in [0, 0.1) is 0 Å². The lowest BCUT2D eigenvalue weighted by Crippen LogP contribution is -2.37. The molecule has 2 rings (SSSR count). The maximum Gasteiger partial charge on any atom is 0.105 e. The van der Waals surface area contributed by atoms with Gasteiger partial charge < -0.3 is 9.84 Å². The minimum absolute atomic E-state index is 0.515. The zero-order valence-corrected chi connectivity index (χ0v) is 12.2. The Morgan fingerprint density at radius 2 is 2.22 bits per heavy atom. The van der Waals surface area contributed by atoms with Crippen molar-refractivity contribution in [1.29, 1.82) is 0 Å². The van der Waals surface area contributed by atoms with Gasteiger partial charge in [0, 0.05) is 25.3 Å². The maximum absolute atomic E-state index is 10.2. The first-order valence-corrected chi connectivity index (χ1v) is 7.22. The Morgan fingerprint density at radius 1 is 1.50 bits per heavy atom. The standard InChI is InChI=1S/C12H20BrN3O2/c1-2-9-11(13)12(15-14-9)10(17)3-4-16-5-7-18-8-6-16/h10,17H,2-8H2,1H3,(H,14,15). The molecule has 1 fully saturated rings. The number of aliphatic hydroxyl groups is 1. The number of morpholine rings is 1. The van der Waals surface area contributed by atoms with Crippen molar-refractivity contribution in [1.82, 2.24) is 15.1 Å². The van der Waals surface area contributed by atoms with Crippen LogP contribution in [0.2, 0.25) is 0 Å². The molecule has 0 bridgehead atoms. The first kappa shape index (κ1) is 14.0. The van der Waals surface area contributed by atoms with Gasteiger partial charge in [0.05, 0.1) is 17.7 Å². The Kier molecular flexibility index (Phi) is 5.17. The van der Waals surface area contributed by atoms with Gasteiger partial charge in [-0.2, -0.15) is 5.10 Å². The van der Waals surface area contributed by atoms with E-state index in [1.54, 1.807) is 0 Å². The molecule has 102 valence electrons. The summed E-state index contributed by atoms with van der Waals surface area (Å²) in [4.78, 5) is 2.31. The van der Waals surface area contributed by atoms with Gasteiger partial charge in [-0.05, 0) is 28.8 Å². The average Bonchev–Trinajstić information content (AvgIpc) is 2.78. The van der Waals surface area contributed by atoms with Crippen molar-refractivity contribution in [2.24, 2.45) is 0 Å². The SMILES string of the molecule is CCc1[nH]nc(C(O)CCN2CCOCC2)c1Br. The summed E-state index contributed by atoms with van der Waals surface area (Å²) in [6.07, 6.45) is 1.06. The van der Waals surface area contributed by atoms with Crippen molar-refractivity contribution in [2.75, 3.05) is 32.8 Å². The van der Waals surface area contributed by atoms with Gasteiger partial charge in [-0.3, -0.25) is 10.00 Å². The zero-order chi connectivity index (χ0) is 13.0. The van der Waals surface area contributed by atoms with E-state index >= 15 is 0 Å². The molecule has 0 amide bonds. The molecule has 0 saturated carbocycles. The number of nitrogens with zero attached hydrogens (tertiary/aromatic N) is 2. The summed E-state index contributed by atoms with van der Waals surface area (Å²) in [6, 6.07) is 0. The third kappa shape index (κ3) is 3.32. The third-order valence-electron chi connectivity index (χ3n) is 3.29. The van der Waals surface area contributed by atoms with Gasteiger partial charge in [-0.1, -0.05) is 6.92 Å². The molecule has 2 N–H and O–H groups in total. The fourth-order valence-corrected chi connectivity index (χ4v) is 2.82. The number of ether oxygens (including phenoxy) is 1. The molecule has 1 aliphatic rings. The molecule has 1 aliphatic heterocycles. The molecule has 5 nitrogen and oxygen atoms in total. The van der Waals surface area contributed by atoms with E-state index in [0.29, 0.717) is 6.42 Å². The minimum Gasteiger partial charge on any atom is -0.387 e. The summed E-state index contributed by atoms with van der Waals surface area (Å²) < 4.78 is 6.22. The van der Waals surface area contributed by atoms with Gasteiger partial charge in [0.15, 0.2) is 0 Å². The number of aryl methyl sites for hydroxylation is 1. The van der Waals surface area contributed by atoms with Crippen molar-refractivity contribution in [2.45, 2.75) is 25.9 Å². The molecule has 6 heteroatoms. The Bertz CT molecular complexity index is 377. The van der Waals surface area contributed by atoms with Crippen LogP contribution < -0.4 is 0 Å². The smallest absolute Gasteiger partial charge is 0.105 e. The van der Waals surface area contributed by atoms with Crippen LogP contribution in [0.4, 0.5) is 0 Å². The summed E-state index contributed by atoms with van der Waals surface area (Å²) in [6.45, 7) is 6.43. The molecule has 0 aromatic carbocycles. The van der Waals surface area contributed by atoms with E-state index in [9.17, 15) is 5.11 Å². The fraction of sp³-hybridized carbons (Fsp3) is 0.750. The van der Waals surface area contributed by atoms with Gasteiger partial charge >= 0.3 is 0 Å². The van der Waals surface area contributed by atoms with Crippen LogP contribution in [0.5, 0.6) is 0 Å². The van der Waals surface area contributed by atoms with Crippen LogP contribution in [-0.2, 0) is 11.2 Å². The van der Waals surface area contributed by atoms with Crippen LogP contribution in [-0.4, -0.2) is 53.1 Å². The Morgan fingerprint density at radius 3 is 2.83 bits per heavy atom. The molecule has 0 radical (unpaired) electrons. The number of hydrogen-bond acceptors (Lipinski definition) is 4. The predicted molar refractivity (Wildman–Crippen MR) is 72.5 cm³/mol. The van der Waals surface area contributed by atoms with Crippen molar-refractivity contribution in [3.8, 4) is 0 Å². The van der Waals surface area contributed by atoms with Crippen molar-refractivity contribution in [3.05, 3.63) is 15.9 Å². The molecule has 2 heterocycles. The van der Waals surface area contributed by atoms with E-state index in [4.69, 9.17) is 4.74 Å². The van der Waals surface area contributed by atoms with Gasteiger partial charge in [0.25, 0.3) is 0 Å². The van der Waals surface area contributed by atoms with E-state index in [2.05, 4.69) is 38.0 Å². The lowest BCUT2D eigenvalue weighted by Gasteiger charge is -2.27. The van der Waals surface area contributed by atoms with E-state index in [0.717, 1.165) is 55.1 Å². The Balaban J connectivity index is 1.86. The quantitative estimate of drug-likeness (QED) is 0.863. The number of aromatic amines is 1. The first-order chi connectivity index (χ1) is 8.72. The summed E-state index contributed by atoms with van der Waals surface area (Å²) >= 11 is 3.49. The minimum atomic E-state index is -0.515. The monoisotopic (exact) mass is 317 g/mol. The molecular weight excluding hydrogens is 298 g/mol. The second-order valence-corrected chi connectivity index (χ2v) is 5.31. The van der Waals surface area contributed by atoms with Crippen LogP contribution >= 0.6 is 15.9 Å². The molecule has 0 spiro atoms. The van der Waals surface area contributed by atoms with E-state index in [-0.39, 0.29) is 0 Å². The maximum atomic E-state index is 10.2. The summed E-state index contributed by atoms with van der Waals surface area (Å²) in [5.41, 5.74) is 1.76. The van der Waals surface area contributed by atoms with Crippen LogP contribution in [0.25, 0.3) is 0 Å². The zero-order valence-electron chi connectivity index (χ0n) is 10.7. The first-order valence-electron chi connectivity index (χ1n) is 6.43. The van der Waals surface area contributed by atoms with E-state index < -0.39 is 6.10 Å². The van der Waals surface area contributed by atoms with Gasteiger partial charge in [0.2, 0.25) is 0 Å². The van der Waals surface area contributed by atoms with Crippen LogP contribution in [0.1, 0.15) is 30.8 Å². The molecular formula is C12H20BrN3O2. The highest BCUT2D eigenvalue weighted by Gasteiger charge is 2.19. The number of halogens is 1. The van der Waals surface area contributed by atoms with Gasteiger partial charge in [-0.15, -0.1) is 0 Å². The second kappa shape index (κ2) is 6.65. The number of nitrogens with one attached hydrogen (secondary N) is 1. The van der Waals surface area contributed by atoms with Gasteiger partial charge in [0.1, 0.15) is 11.8 Å². The molecule has 18 heavy (non-hydrogen) atoms. The third-order valence-corrected chi connectivity index (χ3v) is 4.18. The molecule has 1 atom stereocenters. The highest BCUT2D eigenvalue weighted by Crippen LogP contribution is 2.26. The fourth-order valence-electron chi connectivity index (χ4n) is 2.10. The van der Waals surface area contributed by atoms with Crippen molar-refractivity contribution >= 4 is 15.9 Å². The largest absolute Gasteiger partial charge is 0.387 e. The molecule has 0 aliphatic carbocycles. The number of H-pyrrole nitrogens is 1. The van der Waals surface area contributed by atoms with Crippen LogP contribution in [0.3, 0.4) is 0 Å². The van der Waals surface area contributed by atoms with Crippen molar-refractivity contribution in [3.63, 3.8) is 0 Å². The van der Waals surface area contributed by atoms with Crippen molar-refractivity contribution < 1.29 is 9.84 Å². The van der Waals surface area contributed by atoms with E-state index in [1.807, 2.05) is 0 Å². The van der Waals surface area contributed by atoms with E-state index in [1.165, 1.54) is 0 Å². The number of hydrogen-bond donors (Lipinski definition) is 2. The Hall–Kier alpha value is -0.430. The molecule has 1 saturated heterocycles. The number of aliphatic hydroxyl groups excluding tert-OH is 1. The highest BCUT2D eigenvalue weighted by molar-refractivity contribution is 9.10. The average molecular weight is 318 g/mol. The number of aromatic nitrogens is 2.